The SMILES string of the molecule is COc1ccc(C(=O)NCC(=O)N/N=C/c2cccc(OCc3ccccc3)c2)cc1OC. The van der Waals surface area contributed by atoms with Gasteiger partial charge in [-0.05, 0) is 41.5 Å². The second-order valence-electron chi connectivity index (χ2n) is 6.89. The van der Waals surface area contributed by atoms with Gasteiger partial charge in [0.05, 0.1) is 27.0 Å². The molecule has 3 aromatic rings. The van der Waals surface area contributed by atoms with Crippen LogP contribution in [0, 0.1) is 0 Å². The number of hydrazone groups is 1. The summed E-state index contributed by atoms with van der Waals surface area (Å²) in [5.74, 6) is 0.746. The zero-order chi connectivity index (χ0) is 23.5. The Morgan fingerprint density at radius 1 is 0.909 bits per heavy atom. The van der Waals surface area contributed by atoms with E-state index in [1.54, 1.807) is 12.1 Å². The number of nitrogens with zero attached hydrogens (tertiary/aromatic N) is 1. The van der Waals surface area contributed by atoms with Crippen LogP contribution in [0.5, 0.6) is 17.2 Å². The molecule has 3 aromatic carbocycles. The number of hydrogen-bond acceptors (Lipinski definition) is 6. The van der Waals surface area contributed by atoms with Crippen LogP contribution in [-0.4, -0.2) is 38.8 Å². The number of hydrogen-bond donors (Lipinski definition) is 2. The van der Waals surface area contributed by atoms with Crippen molar-refractivity contribution < 1.29 is 23.8 Å². The lowest BCUT2D eigenvalue weighted by atomic mass is 10.2. The fourth-order valence-corrected chi connectivity index (χ4v) is 2.88. The van der Waals surface area contributed by atoms with Gasteiger partial charge in [0, 0.05) is 5.56 Å². The van der Waals surface area contributed by atoms with Crippen LogP contribution in [-0.2, 0) is 11.4 Å². The normalized spacial score (nSPS) is 10.5. The van der Waals surface area contributed by atoms with Gasteiger partial charge < -0.3 is 19.5 Å². The van der Waals surface area contributed by atoms with Gasteiger partial charge in [-0.2, -0.15) is 5.10 Å². The number of nitrogens with one attached hydrogen (secondary N) is 2. The molecule has 0 aromatic heterocycles. The first-order chi connectivity index (χ1) is 16.1. The number of carbonyl (C=O) groups excluding carboxylic acids is 2. The van der Waals surface area contributed by atoms with E-state index in [-0.39, 0.29) is 6.54 Å². The molecule has 0 aliphatic rings. The highest BCUT2D eigenvalue weighted by atomic mass is 16.5. The highest BCUT2D eigenvalue weighted by Gasteiger charge is 2.11. The summed E-state index contributed by atoms with van der Waals surface area (Å²) >= 11 is 0. The molecule has 0 unspecified atom stereocenters. The van der Waals surface area contributed by atoms with Gasteiger partial charge in [-0.15, -0.1) is 0 Å². The maximum atomic E-state index is 12.3. The molecule has 0 saturated carbocycles. The van der Waals surface area contributed by atoms with Crippen molar-refractivity contribution in [2.24, 2.45) is 5.10 Å². The summed E-state index contributed by atoms with van der Waals surface area (Å²) in [4.78, 5) is 24.3. The standard InChI is InChI=1S/C25H25N3O5/c1-31-22-12-11-20(14-23(22)32-2)25(30)26-16-24(29)28-27-15-19-9-6-10-21(13-19)33-17-18-7-4-3-5-8-18/h3-15H,16-17H2,1-2H3,(H,26,30)(H,28,29)/b27-15+. The van der Waals surface area contributed by atoms with E-state index in [2.05, 4.69) is 15.8 Å². The first-order valence-corrected chi connectivity index (χ1v) is 10.2. The largest absolute Gasteiger partial charge is 0.493 e. The fraction of sp³-hybridized carbons (Fsp3) is 0.160. The van der Waals surface area contributed by atoms with Gasteiger partial charge in [0.2, 0.25) is 0 Å². The summed E-state index contributed by atoms with van der Waals surface area (Å²) in [5, 5.41) is 6.47. The van der Waals surface area contributed by atoms with Gasteiger partial charge in [0.1, 0.15) is 12.4 Å². The molecule has 0 fully saturated rings. The maximum absolute atomic E-state index is 12.3. The first-order valence-electron chi connectivity index (χ1n) is 10.2. The van der Waals surface area contributed by atoms with Crippen LogP contribution in [0.25, 0.3) is 0 Å². The van der Waals surface area contributed by atoms with Gasteiger partial charge in [-0.25, -0.2) is 5.43 Å². The summed E-state index contributed by atoms with van der Waals surface area (Å²) in [6, 6.07) is 21.9. The van der Waals surface area contributed by atoms with E-state index in [1.165, 1.54) is 26.5 Å². The third-order valence-corrected chi connectivity index (χ3v) is 4.56. The molecule has 2 N–H and O–H groups in total. The molecule has 2 amide bonds. The van der Waals surface area contributed by atoms with Gasteiger partial charge in [-0.3, -0.25) is 9.59 Å². The predicted molar refractivity (Wildman–Crippen MR) is 125 cm³/mol. The first kappa shape index (κ1) is 23.3. The van der Waals surface area contributed by atoms with Gasteiger partial charge in [0.25, 0.3) is 11.8 Å². The molecular formula is C25H25N3O5. The van der Waals surface area contributed by atoms with E-state index >= 15 is 0 Å². The van der Waals surface area contributed by atoms with Crippen molar-refractivity contribution in [1.29, 1.82) is 0 Å². The van der Waals surface area contributed by atoms with Crippen molar-refractivity contribution in [1.82, 2.24) is 10.7 Å². The average Bonchev–Trinajstić information content (AvgIpc) is 2.86. The number of rotatable bonds is 10. The van der Waals surface area contributed by atoms with Crippen LogP contribution in [0.15, 0.2) is 77.9 Å². The van der Waals surface area contributed by atoms with Crippen LogP contribution >= 0.6 is 0 Å². The molecule has 0 spiro atoms. The van der Waals surface area contributed by atoms with Crippen LogP contribution in [0.3, 0.4) is 0 Å². The maximum Gasteiger partial charge on any atom is 0.259 e. The predicted octanol–water partition coefficient (Wildman–Crippen LogP) is 3.16. The molecule has 0 heterocycles. The highest BCUT2D eigenvalue weighted by molar-refractivity contribution is 5.97. The average molecular weight is 447 g/mol. The molecular weight excluding hydrogens is 422 g/mol. The van der Waals surface area contributed by atoms with Crippen LogP contribution in [0.4, 0.5) is 0 Å². The second kappa shape index (κ2) is 11.9. The molecule has 0 aliphatic carbocycles. The molecule has 0 saturated heterocycles. The fourth-order valence-electron chi connectivity index (χ4n) is 2.88. The Morgan fingerprint density at radius 3 is 2.45 bits per heavy atom. The van der Waals surface area contributed by atoms with Crippen molar-refractivity contribution in [3.05, 3.63) is 89.5 Å². The third-order valence-electron chi connectivity index (χ3n) is 4.56. The minimum atomic E-state index is -0.462. The van der Waals surface area contributed by atoms with Crippen LogP contribution in [0.2, 0.25) is 0 Å². The van der Waals surface area contributed by atoms with Gasteiger partial charge in [-0.1, -0.05) is 42.5 Å². The smallest absolute Gasteiger partial charge is 0.259 e. The summed E-state index contributed by atoms with van der Waals surface area (Å²) in [5.41, 5.74) is 4.56. The van der Waals surface area contributed by atoms with Crippen LogP contribution < -0.4 is 25.0 Å². The minimum Gasteiger partial charge on any atom is -0.493 e. The molecule has 170 valence electrons. The van der Waals surface area contributed by atoms with Gasteiger partial charge in [0.15, 0.2) is 11.5 Å². The molecule has 8 heteroatoms. The van der Waals surface area contributed by atoms with E-state index in [0.29, 0.717) is 29.4 Å². The lowest BCUT2D eigenvalue weighted by Crippen LogP contribution is -2.34. The van der Waals surface area contributed by atoms with E-state index in [4.69, 9.17) is 14.2 Å². The second-order valence-corrected chi connectivity index (χ2v) is 6.89. The van der Waals surface area contributed by atoms with E-state index in [0.717, 1.165) is 11.1 Å². The Morgan fingerprint density at radius 2 is 1.70 bits per heavy atom. The Kier molecular flexibility index (Phi) is 8.41. The number of benzene rings is 3. The van der Waals surface area contributed by atoms with Crippen molar-refractivity contribution in [3.8, 4) is 17.2 Å². The van der Waals surface area contributed by atoms with E-state index in [1.807, 2.05) is 54.6 Å². The number of amides is 2. The van der Waals surface area contributed by atoms with Crippen molar-refractivity contribution in [2.45, 2.75) is 6.61 Å². The molecule has 0 bridgehead atoms. The Labute approximate surface area is 192 Å². The summed E-state index contributed by atoms with van der Waals surface area (Å²) < 4.78 is 16.1. The highest BCUT2D eigenvalue weighted by Crippen LogP contribution is 2.27. The Bertz CT molecular complexity index is 1120. The quantitative estimate of drug-likeness (QED) is 0.368. The van der Waals surface area contributed by atoms with Crippen molar-refractivity contribution in [2.75, 3.05) is 20.8 Å². The van der Waals surface area contributed by atoms with Crippen molar-refractivity contribution in [3.63, 3.8) is 0 Å². The zero-order valence-corrected chi connectivity index (χ0v) is 18.4. The van der Waals surface area contributed by atoms with E-state index < -0.39 is 11.8 Å². The Balaban J connectivity index is 1.46. The molecule has 8 nitrogen and oxygen atoms in total. The lowest BCUT2D eigenvalue weighted by Gasteiger charge is -2.09. The number of ether oxygens (including phenoxy) is 3. The molecule has 0 atom stereocenters. The molecule has 3 rings (SSSR count). The minimum absolute atomic E-state index is 0.231. The molecule has 33 heavy (non-hydrogen) atoms. The summed E-state index contributed by atoms with van der Waals surface area (Å²) in [6.45, 7) is 0.225. The van der Waals surface area contributed by atoms with Crippen LogP contribution in [0.1, 0.15) is 21.5 Å². The molecule has 0 radical (unpaired) electrons. The zero-order valence-electron chi connectivity index (χ0n) is 18.4. The number of methoxy groups -OCH3 is 2. The lowest BCUT2D eigenvalue weighted by molar-refractivity contribution is -0.120. The topological polar surface area (TPSA) is 98.2 Å². The monoisotopic (exact) mass is 447 g/mol. The van der Waals surface area contributed by atoms with E-state index in [9.17, 15) is 9.59 Å². The molecule has 0 aliphatic heterocycles. The number of carbonyl (C=O) groups is 2. The summed E-state index contributed by atoms with van der Waals surface area (Å²) in [6.07, 6.45) is 1.50. The van der Waals surface area contributed by atoms with Gasteiger partial charge >= 0.3 is 0 Å². The summed E-state index contributed by atoms with van der Waals surface area (Å²) in [7, 11) is 2.99. The van der Waals surface area contributed by atoms with Crippen molar-refractivity contribution >= 4 is 18.0 Å². The Hall–Kier alpha value is -4.33. The third kappa shape index (κ3) is 7.10.